The molecule has 0 saturated heterocycles. The van der Waals surface area contributed by atoms with Crippen LogP contribution in [0.1, 0.15) is 32.8 Å². The van der Waals surface area contributed by atoms with Crippen LogP contribution >= 0.6 is 0 Å². The fourth-order valence-electron chi connectivity index (χ4n) is 2.81. The zero-order valence-corrected chi connectivity index (χ0v) is 15.8. The van der Waals surface area contributed by atoms with E-state index < -0.39 is 18.5 Å². The number of rotatable bonds is 5. The lowest BCUT2D eigenvalue weighted by molar-refractivity contribution is -0.119. The van der Waals surface area contributed by atoms with Crippen LogP contribution in [0.4, 0.5) is 5.69 Å². The highest BCUT2D eigenvalue weighted by atomic mass is 16.5. The smallest absolute Gasteiger partial charge is 0.343 e. The van der Waals surface area contributed by atoms with Crippen LogP contribution in [-0.4, -0.2) is 23.1 Å². The van der Waals surface area contributed by atoms with Crippen LogP contribution < -0.4 is 5.32 Å². The van der Waals surface area contributed by atoms with Crippen molar-refractivity contribution in [3.63, 3.8) is 0 Å². The number of furan rings is 1. The Kier molecular flexibility index (Phi) is 5.32. The zero-order chi connectivity index (χ0) is 20.3. The van der Waals surface area contributed by atoms with Gasteiger partial charge in [-0.05, 0) is 50.1 Å². The quantitative estimate of drug-likeness (QED) is 0.684. The standard InChI is InChI=1S/C21H19N3O4/c1-13-7-6-8-17(14(13)2)23-18(25)12-27-21(26)19-15(3)28-20(16(19)11-22)24-9-4-5-10-24/h4-10H,12H2,1-3H3,(H,23,25). The summed E-state index contributed by atoms with van der Waals surface area (Å²) in [4.78, 5) is 24.6. The van der Waals surface area contributed by atoms with Gasteiger partial charge in [0, 0.05) is 18.1 Å². The van der Waals surface area contributed by atoms with E-state index >= 15 is 0 Å². The second kappa shape index (κ2) is 7.84. The first-order valence-electron chi connectivity index (χ1n) is 8.62. The lowest BCUT2D eigenvalue weighted by atomic mass is 10.1. The summed E-state index contributed by atoms with van der Waals surface area (Å²) in [5, 5.41) is 12.2. The van der Waals surface area contributed by atoms with Crippen molar-refractivity contribution in [1.29, 1.82) is 5.26 Å². The van der Waals surface area contributed by atoms with E-state index in [1.807, 2.05) is 32.0 Å². The van der Waals surface area contributed by atoms with Crippen molar-refractivity contribution in [1.82, 2.24) is 4.57 Å². The monoisotopic (exact) mass is 377 g/mol. The molecule has 2 aromatic heterocycles. The van der Waals surface area contributed by atoms with E-state index in [-0.39, 0.29) is 22.8 Å². The summed E-state index contributed by atoms with van der Waals surface area (Å²) in [6.45, 7) is 4.94. The van der Waals surface area contributed by atoms with Crippen LogP contribution in [0.5, 0.6) is 0 Å². The van der Waals surface area contributed by atoms with Gasteiger partial charge in [-0.1, -0.05) is 12.1 Å². The SMILES string of the molecule is Cc1cccc(NC(=O)COC(=O)c2c(C)oc(-n3cccc3)c2C#N)c1C. The summed E-state index contributed by atoms with van der Waals surface area (Å²) in [7, 11) is 0. The van der Waals surface area contributed by atoms with E-state index in [4.69, 9.17) is 9.15 Å². The molecule has 0 spiro atoms. The minimum Gasteiger partial charge on any atom is -0.452 e. The van der Waals surface area contributed by atoms with Gasteiger partial charge in [0.05, 0.1) is 0 Å². The van der Waals surface area contributed by atoms with Crippen LogP contribution in [0.3, 0.4) is 0 Å². The van der Waals surface area contributed by atoms with Gasteiger partial charge in [0.2, 0.25) is 5.88 Å². The third-order valence-corrected chi connectivity index (χ3v) is 4.43. The Balaban J connectivity index is 1.73. The van der Waals surface area contributed by atoms with Crippen molar-refractivity contribution in [2.75, 3.05) is 11.9 Å². The van der Waals surface area contributed by atoms with Gasteiger partial charge < -0.3 is 14.5 Å². The highest BCUT2D eigenvalue weighted by molar-refractivity contribution is 5.98. The fraction of sp³-hybridized carbons (Fsp3) is 0.190. The number of aryl methyl sites for hydroxylation is 2. The highest BCUT2D eigenvalue weighted by Crippen LogP contribution is 2.26. The Labute approximate surface area is 162 Å². The molecule has 28 heavy (non-hydrogen) atoms. The van der Waals surface area contributed by atoms with Crippen LogP contribution in [0, 0.1) is 32.1 Å². The molecule has 0 aliphatic heterocycles. The van der Waals surface area contributed by atoms with Crippen molar-refractivity contribution in [2.45, 2.75) is 20.8 Å². The summed E-state index contributed by atoms with van der Waals surface area (Å²) in [5.41, 5.74) is 2.73. The molecular formula is C21H19N3O4. The van der Waals surface area contributed by atoms with Gasteiger partial charge in [-0.25, -0.2) is 4.79 Å². The molecule has 142 valence electrons. The lowest BCUT2D eigenvalue weighted by Crippen LogP contribution is -2.22. The molecule has 7 nitrogen and oxygen atoms in total. The van der Waals surface area contributed by atoms with Gasteiger partial charge in [0.15, 0.2) is 6.61 Å². The highest BCUT2D eigenvalue weighted by Gasteiger charge is 2.26. The molecule has 0 saturated carbocycles. The molecule has 0 radical (unpaired) electrons. The minimum absolute atomic E-state index is 0.0192. The van der Waals surface area contributed by atoms with Crippen molar-refractivity contribution < 1.29 is 18.7 Å². The van der Waals surface area contributed by atoms with Gasteiger partial charge >= 0.3 is 5.97 Å². The fourth-order valence-corrected chi connectivity index (χ4v) is 2.81. The molecule has 1 amide bonds. The van der Waals surface area contributed by atoms with Gasteiger partial charge in [0.1, 0.15) is 23.0 Å². The van der Waals surface area contributed by atoms with Crippen LogP contribution in [0.25, 0.3) is 5.88 Å². The number of aromatic nitrogens is 1. The van der Waals surface area contributed by atoms with Crippen LogP contribution in [-0.2, 0) is 9.53 Å². The summed E-state index contributed by atoms with van der Waals surface area (Å²) < 4.78 is 12.3. The largest absolute Gasteiger partial charge is 0.452 e. The second-order valence-electron chi connectivity index (χ2n) is 6.29. The molecule has 0 atom stereocenters. The Morgan fingerprint density at radius 1 is 1.18 bits per heavy atom. The molecule has 2 heterocycles. The second-order valence-corrected chi connectivity index (χ2v) is 6.29. The number of amides is 1. The van der Waals surface area contributed by atoms with Crippen molar-refractivity contribution in [3.05, 3.63) is 70.7 Å². The van der Waals surface area contributed by atoms with E-state index in [9.17, 15) is 14.9 Å². The Bertz CT molecular complexity index is 1070. The van der Waals surface area contributed by atoms with Gasteiger partial charge in [0.25, 0.3) is 5.91 Å². The molecular weight excluding hydrogens is 358 g/mol. The number of nitrogens with one attached hydrogen (secondary N) is 1. The van der Waals surface area contributed by atoms with Crippen molar-refractivity contribution >= 4 is 17.6 Å². The van der Waals surface area contributed by atoms with E-state index in [1.54, 1.807) is 42.1 Å². The number of esters is 1. The summed E-state index contributed by atoms with van der Waals surface area (Å²) in [6.07, 6.45) is 3.40. The maximum absolute atomic E-state index is 12.5. The zero-order valence-electron chi connectivity index (χ0n) is 15.8. The predicted molar refractivity (Wildman–Crippen MR) is 102 cm³/mol. The Morgan fingerprint density at radius 3 is 2.57 bits per heavy atom. The number of hydrogen-bond donors (Lipinski definition) is 1. The topological polar surface area (TPSA) is 97.3 Å². The first kappa shape index (κ1) is 19.0. The Hall–Kier alpha value is -3.79. The Morgan fingerprint density at radius 2 is 1.89 bits per heavy atom. The van der Waals surface area contributed by atoms with Gasteiger partial charge in [-0.2, -0.15) is 5.26 Å². The number of nitriles is 1. The molecule has 1 N–H and O–H groups in total. The number of anilines is 1. The normalized spacial score (nSPS) is 10.4. The first-order chi connectivity index (χ1) is 13.4. The molecule has 3 aromatic rings. The molecule has 3 rings (SSSR count). The average Bonchev–Trinajstić information content (AvgIpc) is 3.30. The van der Waals surface area contributed by atoms with Gasteiger partial charge in [-0.3, -0.25) is 9.36 Å². The van der Waals surface area contributed by atoms with Crippen molar-refractivity contribution in [2.24, 2.45) is 0 Å². The average molecular weight is 377 g/mol. The molecule has 0 fully saturated rings. The van der Waals surface area contributed by atoms with E-state index in [0.29, 0.717) is 5.69 Å². The molecule has 0 aliphatic rings. The molecule has 0 bridgehead atoms. The maximum Gasteiger partial charge on any atom is 0.343 e. The summed E-state index contributed by atoms with van der Waals surface area (Å²) in [6, 6.07) is 11.1. The third-order valence-electron chi connectivity index (χ3n) is 4.43. The summed E-state index contributed by atoms with van der Waals surface area (Å²) >= 11 is 0. The number of benzene rings is 1. The summed E-state index contributed by atoms with van der Waals surface area (Å²) in [5.74, 6) is -0.767. The molecule has 0 aliphatic carbocycles. The molecule has 7 heteroatoms. The molecule has 1 aromatic carbocycles. The maximum atomic E-state index is 12.5. The molecule has 0 unspecified atom stereocenters. The first-order valence-corrected chi connectivity index (χ1v) is 8.62. The van der Waals surface area contributed by atoms with E-state index in [0.717, 1.165) is 11.1 Å². The minimum atomic E-state index is -0.785. The van der Waals surface area contributed by atoms with E-state index in [2.05, 4.69) is 5.32 Å². The van der Waals surface area contributed by atoms with Crippen LogP contribution in [0.2, 0.25) is 0 Å². The number of nitrogens with zero attached hydrogens (tertiary/aromatic N) is 2. The number of hydrogen-bond acceptors (Lipinski definition) is 5. The predicted octanol–water partition coefficient (Wildman–Crippen LogP) is 3.66. The van der Waals surface area contributed by atoms with Crippen LogP contribution in [0.15, 0.2) is 47.1 Å². The van der Waals surface area contributed by atoms with Crippen molar-refractivity contribution in [3.8, 4) is 12.0 Å². The number of ether oxygens (including phenoxy) is 1. The third kappa shape index (κ3) is 3.67. The lowest BCUT2D eigenvalue weighted by Gasteiger charge is -2.10. The number of carbonyl (C=O) groups is 2. The van der Waals surface area contributed by atoms with Gasteiger partial charge in [-0.15, -0.1) is 0 Å². The number of carbonyl (C=O) groups excluding carboxylic acids is 2. The van der Waals surface area contributed by atoms with E-state index in [1.165, 1.54) is 0 Å².